The van der Waals surface area contributed by atoms with Crippen molar-refractivity contribution in [1.82, 2.24) is 9.97 Å². The maximum atomic E-state index is 4.28. The van der Waals surface area contributed by atoms with Crippen molar-refractivity contribution in [3.63, 3.8) is 0 Å². The minimum atomic E-state index is 0.391. The normalized spacial score (nSPS) is 13.5. The van der Waals surface area contributed by atoms with Gasteiger partial charge in [-0.3, -0.25) is 0 Å². The van der Waals surface area contributed by atoms with E-state index in [9.17, 15) is 0 Å². The number of aromatic nitrogens is 2. The van der Waals surface area contributed by atoms with Crippen molar-refractivity contribution >= 4 is 12.6 Å². The molecule has 1 atom stereocenters. The van der Waals surface area contributed by atoms with Crippen molar-refractivity contribution < 1.29 is 0 Å². The number of thiol groups is 1. The number of aromatic amines is 1. The van der Waals surface area contributed by atoms with Crippen LogP contribution in [0.1, 0.15) is 18.3 Å². The molecule has 10 heavy (non-hydrogen) atoms. The van der Waals surface area contributed by atoms with E-state index in [1.54, 1.807) is 6.33 Å². The summed E-state index contributed by atoms with van der Waals surface area (Å²) >= 11 is 4.28. The van der Waals surface area contributed by atoms with Gasteiger partial charge >= 0.3 is 0 Å². The van der Waals surface area contributed by atoms with Crippen molar-refractivity contribution in [3.8, 4) is 0 Å². The summed E-state index contributed by atoms with van der Waals surface area (Å²) in [6.07, 6.45) is 2.67. The summed E-state index contributed by atoms with van der Waals surface area (Å²) in [5.41, 5.74) is 2.28. The first kappa shape index (κ1) is 7.66. The van der Waals surface area contributed by atoms with Crippen LogP contribution in [0.5, 0.6) is 0 Å². The van der Waals surface area contributed by atoms with Crippen LogP contribution in [0.25, 0.3) is 0 Å². The Morgan fingerprint density at radius 2 is 2.50 bits per heavy atom. The van der Waals surface area contributed by atoms with Crippen molar-refractivity contribution in [1.29, 1.82) is 0 Å². The van der Waals surface area contributed by atoms with Gasteiger partial charge in [-0.1, -0.05) is 6.92 Å². The lowest BCUT2D eigenvalue weighted by molar-refractivity contribution is 0.907. The fourth-order valence-corrected chi connectivity index (χ4v) is 1.05. The molecule has 0 fully saturated rings. The molecular weight excluding hydrogens is 144 g/mol. The Morgan fingerprint density at radius 3 is 2.90 bits per heavy atom. The van der Waals surface area contributed by atoms with E-state index in [1.807, 2.05) is 6.92 Å². The van der Waals surface area contributed by atoms with Crippen molar-refractivity contribution in [2.45, 2.75) is 25.5 Å². The van der Waals surface area contributed by atoms with Gasteiger partial charge in [0.05, 0.1) is 12.0 Å². The molecule has 0 aliphatic rings. The monoisotopic (exact) mass is 156 g/mol. The van der Waals surface area contributed by atoms with Gasteiger partial charge in [0.1, 0.15) is 0 Å². The van der Waals surface area contributed by atoms with Gasteiger partial charge in [0.25, 0.3) is 0 Å². The molecule has 0 radical (unpaired) electrons. The quantitative estimate of drug-likeness (QED) is 0.625. The molecule has 1 heterocycles. The molecular formula is C7H12N2S. The molecule has 0 aromatic carbocycles. The summed E-state index contributed by atoms with van der Waals surface area (Å²) < 4.78 is 0. The summed E-state index contributed by atoms with van der Waals surface area (Å²) in [5, 5.41) is 0.391. The largest absolute Gasteiger partial charge is 0.348 e. The summed E-state index contributed by atoms with van der Waals surface area (Å²) in [6.45, 7) is 4.09. The van der Waals surface area contributed by atoms with E-state index >= 15 is 0 Å². The van der Waals surface area contributed by atoms with Gasteiger partial charge in [-0.25, -0.2) is 4.98 Å². The lowest BCUT2D eigenvalue weighted by Crippen LogP contribution is -1.98. The molecule has 0 aliphatic carbocycles. The number of imidazole rings is 1. The van der Waals surface area contributed by atoms with Crippen LogP contribution in [0, 0.1) is 6.92 Å². The van der Waals surface area contributed by atoms with Gasteiger partial charge < -0.3 is 4.98 Å². The zero-order valence-corrected chi connectivity index (χ0v) is 7.15. The van der Waals surface area contributed by atoms with Crippen LogP contribution < -0.4 is 0 Å². The third kappa shape index (κ3) is 1.77. The Labute approximate surface area is 66.5 Å². The fourth-order valence-electron chi connectivity index (χ4n) is 0.873. The minimum Gasteiger partial charge on any atom is -0.348 e. The Kier molecular flexibility index (Phi) is 2.38. The second-order valence-corrected chi connectivity index (χ2v) is 3.41. The second-order valence-electron chi connectivity index (χ2n) is 2.53. The zero-order chi connectivity index (χ0) is 7.56. The third-order valence-electron chi connectivity index (χ3n) is 1.42. The molecule has 56 valence electrons. The first-order chi connectivity index (χ1) is 4.70. The number of nitrogens with zero attached hydrogens (tertiary/aromatic N) is 1. The molecule has 1 aromatic rings. The van der Waals surface area contributed by atoms with E-state index in [1.165, 1.54) is 0 Å². The first-order valence-corrected chi connectivity index (χ1v) is 3.88. The van der Waals surface area contributed by atoms with E-state index in [0.29, 0.717) is 5.25 Å². The molecule has 2 nitrogen and oxygen atoms in total. The van der Waals surface area contributed by atoms with E-state index in [4.69, 9.17) is 0 Å². The van der Waals surface area contributed by atoms with Crippen LogP contribution in [-0.2, 0) is 6.42 Å². The van der Waals surface area contributed by atoms with Gasteiger partial charge in [0, 0.05) is 17.4 Å². The minimum absolute atomic E-state index is 0.391. The van der Waals surface area contributed by atoms with E-state index in [-0.39, 0.29) is 0 Å². The maximum Gasteiger partial charge on any atom is 0.0925 e. The Morgan fingerprint density at radius 1 is 1.80 bits per heavy atom. The zero-order valence-electron chi connectivity index (χ0n) is 6.26. The molecule has 1 unspecified atom stereocenters. The van der Waals surface area contributed by atoms with Crippen molar-refractivity contribution in [2.75, 3.05) is 0 Å². The number of nitrogens with one attached hydrogen (secondary N) is 1. The highest BCUT2D eigenvalue weighted by molar-refractivity contribution is 7.80. The SMILES string of the molecule is Cc1[nH]cnc1CC(C)S. The molecule has 0 aliphatic heterocycles. The van der Waals surface area contributed by atoms with E-state index in [2.05, 4.69) is 29.5 Å². The Hall–Kier alpha value is -0.440. The molecule has 1 rings (SSSR count). The van der Waals surface area contributed by atoms with Crippen LogP contribution >= 0.6 is 12.6 Å². The predicted octanol–water partition coefficient (Wildman–Crippen LogP) is 1.58. The van der Waals surface area contributed by atoms with Gasteiger partial charge in [-0.15, -0.1) is 0 Å². The standard InChI is InChI=1S/C7H12N2S/c1-5(10)3-7-6(2)8-4-9-7/h4-5,10H,3H2,1-2H3,(H,8,9). The van der Waals surface area contributed by atoms with Crippen LogP contribution in [0.4, 0.5) is 0 Å². The summed E-state index contributed by atoms with van der Waals surface area (Å²) in [5.74, 6) is 0. The molecule has 3 heteroatoms. The topological polar surface area (TPSA) is 28.7 Å². The molecule has 1 aromatic heterocycles. The number of rotatable bonds is 2. The molecule has 0 saturated heterocycles. The van der Waals surface area contributed by atoms with E-state index < -0.39 is 0 Å². The summed E-state index contributed by atoms with van der Waals surface area (Å²) in [4.78, 5) is 7.18. The average molecular weight is 156 g/mol. The molecule has 0 saturated carbocycles. The van der Waals surface area contributed by atoms with Crippen LogP contribution in [0.2, 0.25) is 0 Å². The smallest absolute Gasteiger partial charge is 0.0925 e. The van der Waals surface area contributed by atoms with Gasteiger partial charge in [0.15, 0.2) is 0 Å². The predicted molar refractivity (Wildman–Crippen MR) is 45.5 cm³/mol. The Balaban J connectivity index is 2.65. The first-order valence-electron chi connectivity index (χ1n) is 3.37. The number of H-pyrrole nitrogens is 1. The lowest BCUT2D eigenvalue weighted by Gasteiger charge is -1.99. The third-order valence-corrected chi connectivity index (χ3v) is 1.61. The molecule has 1 N–H and O–H groups in total. The highest BCUT2D eigenvalue weighted by Gasteiger charge is 2.02. The summed E-state index contributed by atoms with van der Waals surface area (Å²) in [7, 11) is 0. The lowest BCUT2D eigenvalue weighted by atomic mass is 10.2. The van der Waals surface area contributed by atoms with E-state index in [0.717, 1.165) is 17.8 Å². The molecule has 0 spiro atoms. The van der Waals surface area contributed by atoms with Gasteiger partial charge in [-0.2, -0.15) is 12.6 Å². The summed E-state index contributed by atoms with van der Waals surface area (Å²) in [6, 6.07) is 0. The highest BCUT2D eigenvalue weighted by atomic mass is 32.1. The van der Waals surface area contributed by atoms with Gasteiger partial charge in [-0.05, 0) is 6.92 Å². The highest BCUT2D eigenvalue weighted by Crippen LogP contribution is 2.06. The average Bonchev–Trinajstić information content (AvgIpc) is 2.15. The number of hydrogen-bond donors (Lipinski definition) is 2. The maximum absolute atomic E-state index is 4.28. The number of hydrogen-bond acceptors (Lipinski definition) is 2. The van der Waals surface area contributed by atoms with Gasteiger partial charge in [0.2, 0.25) is 0 Å². The number of aryl methyl sites for hydroxylation is 1. The fraction of sp³-hybridized carbons (Fsp3) is 0.571. The van der Waals surface area contributed by atoms with Crippen molar-refractivity contribution in [3.05, 3.63) is 17.7 Å². The molecule has 0 bridgehead atoms. The van der Waals surface area contributed by atoms with Crippen LogP contribution in [-0.4, -0.2) is 15.2 Å². The van der Waals surface area contributed by atoms with Crippen LogP contribution in [0.15, 0.2) is 6.33 Å². The Bertz CT molecular complexity index is 205. The second kappa shape index (κ2) is 3.10. The molecule has 0 amide bonds. The van der Waals surface area contributed by atoms with Crippen molar-refractivity contribution in [2.24, 2.45) is 0 Å². The van der Waals surface area contributed by atoms with Crippen LogP contribution in [0.3, 0.4) is 0 Å².